The average molecular weight is 297 g/mol. The van der Waals surface area contributed by atoms with Crippen LogP contribution < -0.4 is 0 Å². The molecule has 2 amide bonds. The van der Waals surface area contributed by atoms with Gasteiger partial charge in [-0.15, -0.1) is 0 Å². The van der Waals surface area contributed by atoms with Crippen molar-refractivity contribution in [3.05, 3.63) is 34.3 Å². The van der Waals surface area contributed by atoms with Gasteiger partial charge in [0.1, 0.15) is 0 Å². The molecular weight excluding hydrogens is 284 g/mol. The molecule has 1 saturated heterocycles. The SMILES string of the molecule is CN1CCN(Cc2ccc(Br)cc2)C(=O)C1=O. The normalized spacial score (nSPS) is 16.6. The van der Waals surface area contributed by atoms with Crippen molar-refractivity contribution in [1.82, 2.24) is 9.80 Å². The van der Waals surface area contributed by atoms with E-state index in [2.05, 4.69) is 15.9 Å². The third kappa shape index (κ3) is 2.66. The molecule has 1 aromatic rings. The van der Waals surface area contributed by atoms with Crippen LogP contribution in [0.2, 0.25) is 0 Å². The van der Waals surface area contributed by atoms with Gasteiger partial charge in [-0.1, -0.05) is 28.1 Å². The van der Waals surface area contributed by atoms with Gasteiger partial charge in [-0.05, 0) is 17.7 Å². The summed E-state index contributed by atoms with van der Waals surface area (Å²) in [5, 5.41) is 0. The standard InChI is InChI=1S/C12H13BrN2O2/c1-14-6-7-15(12(17)11(14)16)8-9-2-4-10(13)5-3-9/h2-5H,6-8H2,1H3. The summed E-state index contributed by atoms with van der Waals surface area (Å²) in [5.74, 6) is -0.838. The molecule has 2 rings (SSSR count). The number of amides is 2. The zero-order chi connectivity index (χ0) is 12.4. The van der Waals surface area contributed by atoms with Gasteiger partial charge in [-0.2, -0.15) is 0 Å². The number of hydrogen-bond donors (Lipinski definition) is 0. The second-order valence-electron chi connectivity index (χ2n) is 4.08. The van der Waals surface area contributed by atoms with Crippen LogP contribution in [0.3, 0.4) is 0 Å². The molecule has 0 bridgehead atoms. The Kier molecular flexibility index (Phi) is 3.47. The summed E-state index contributed by atoms with van der Waals surface area (Å²) in [7, 11) is 1.65. The molecule has 0 N–H and O–H groups in total. The fourth-order valence-corrected chi connectivity index (χ4v) is 2.00. The van der Waals surface area contributed by atoms with E-state index in [1.807, 2.05) is 24.3 Å². The summed E-state index contributed by atoms with van der Waals surface area (Å²) in [6.07, 6.45) is 0. The van der Waals surface area contributed by atoms with Gasteiger partial charge in [-0.3, -0.25) is 9.59 Å². The molecule has 0 aliphatic carbocycles. The van der Waals surface area contributed by atoms with Crippen molar-refractivity contribution in [2.45, 2.75) is 6.54 Å². The number of likely N-dealkylation sites (N-methyl/N-ethyl adjacent to an activating group) is 1. The van der Waals surface area contributed by atoms with Crippen molar-refractivity contribution in [3.8, 4) is 0 Å². The fourth-order valence-electron chi connectivity index (χ4n) is 1.73. The molecule has 0 spiro atoms. The maximum Gasteiger partial charge on any atom is 0.312 e. The van der Waals surface area contributed by atoms with Crippen molar-refractivity contribution >= 4 is 27.7 Å². The summed E-state index contributed by atoms with van der Waals surface area (Å²) in [6.45, 7) is 1.68. The van der Waals surface area contributed by atoms with Crippen LogP contribution in [-0.4, -0.2) is 41.8 Å². The molecule has 0 aromatic heterocycles. The van der Waals surface area contributed by atoms with Gasteiger partial charge in [0.15, 0.2) is 0 Å². The van der Waals surface area contributed by atoms with E-state index in [1.54, 1.807) is 11.9 Å². The summed E-state index contributed by atoms with van der Waals surface area (Å²) in [6, 6.07) is 7.75. The minimum Gasteiger partial charge on any atom is -0.336 e. The Balaban J connectivity index is 2.07. The first-order valence-electron chi connectivity index (χ1n) is 5.37. The third-order valence-electron chi connectivity index (χ3n) is 2.81. The number of halogens is 1. The summed E-state index contributed by atoms with van der Waals surface area (Å²) >= 11 is 3.36. The smallest absolute Gasteiger partial charge is 0.312 e. The van der Waals surface area contributed by atoms with E-state index in [0.29, 0.717) is 19.6 Å². The maximum absolute atomic E-state index is 11.7. The van der Waals surface area contributed by atoms with Crippen LogP contribution in [0.15, 0.2) is 28.7 Å². The Labute approximate surface area is 108 Å². The molecule has 1 heterocycles. The van der Waals surface area contributed by atoms with E-state index in [1.165, 1.54) is 4.90 Å². The van der Waals surface area contributed by atoms with Gasteiger partial charge in [0, 0.05) is 31.2 Å². The second kappa shape index (κ2) is 4.87. The first-order chi connectivity index (χ1) is 8.08. The van der Waals surface area contributed by atoms with Crippen LogP contribution >= 0.6 is 15.9 Å². The van der Waals surface area contributed by atoms with Crippen molar-refractivity contribution in [3.63, 3.8) is 0 Å². The van der Waals surface area contributed by atoms with E-state index >= 15 is 0 Å². The Bertz CT molecular complexity index is 444. The average Bonchev–Trinajstić information content (AvgIpc) is 2.33. The number of piperazine rings is 1. The van der Waals surface area contributed by atoms with Gasteiger partial charge in [-0.25, -0.2) is 0 Å². The van der Waals surface area contributed by atoms with Crippen LogP contribution in [-0.2, 0) is 16.1 Å². The number of carbonyl (C=O) groups is 2. The number of carbonyl (C=O) groups excluding carboxylic acids is 2. The van der Waals surface area contributed by atoms with Crippen LogP contribution in [0.25, 0.3) is 0 Å². The third-order valence-corrected chi connectivity index (χ3v) is 3.34. The lowest BCUT2D eigenvalue weighted by Crippen LogP contribution is -2.52. The Morgan fingerprint density at radius 2 is 1.76 bits per heavy atom. The maximum atomic E-state index is 11.7. The Morgan fingerprint density at radius 1 is 1.12 bits per heavy atom. The van der Waals surface area contributed by atoms with E-state index < -0.39 is 11.8 Å². The predicted molar refractivity (Wildman–Crippen MR) is 67.2 cm³/mol. The molecule has 1 aliphatic rings. The molecule has 5 heteroatoms. The van der Waals surface area contributed by atoms with E-state index in [0.717, 1.165) is 10.0 Å². The lowest BCUT2D eigenvalue weighted by atomic mass is 10.2. The van der Waals surface area contributed by atoms with E-state index in [-0.39, 0.29) is 0 Å². The molecule has 90 valence electrons. The summed E-state index contributed by atoms with van der Waals surface area (Å²) in [5.41, 5.74) is 1.03. The van der Waals surface area contributed by atoms with Crippen molar-refractivity contribution in [1.29, 1.82) is 0 Å². The molecule has 0 unspecified atom stereocenters. The zero-order valence-corrected chi connectivity index (χ0v) is 11.1. The summed E-state index contributed by atoms with van der Waals surface area (Å²) < 4.78 is 1.00. The van der Waals surface area contributed by atoms with Gasteiger partial charge in [0.05, 0.1) is 0 Å². The predicted octanol–water partition coefficient (Wildman–Crippen LogP) is 1.25. The highest BCUT2D eigenvalue weighted by atomic mass is 79.9. The number of benzene rings is 1. The number of hydrogen-bond acceptors (Lipinski definition) is 2. The highest BCUT2D eigenvalue weighted by Crippen LogP contribution is 2.13. The first kappa shape index (κ1) is 12.1. The molecule has 1 aliphatic heterocycles. The first-order valence-corrected chi connectivity index (χ1v) is 6.16. The van der Waals surface area contributed by atoms with Gasteiger partial charge >= 0.3 is 11.8 Å². The van der Waals surface area contributed by atoms with Gasteiger partial charge in [0.2, 0.25) is 0 Å². The van der Waals surface area contributed by atoms with Gasteiger partial charge in [0.25, 0.3) is 0 Å². The Morgan fingerprint density at radius 3 is 2.41 bits per heavy atom. The lowest BCUT2D eigenvalue weighted by molar-refractivity contribution is -0.155. The minimum absolute atomic E-state index is 0.415. The van der Waals surface area contributed by atoms with E-state index in [4.69, 9.17) is 0 Å². The fraction of sp³-hybridized carbons (Fsp3) is 0.333. The topological polar surface area (TPSA) is 40.6 Å². The summed E-state index contributed by atoms with van der Waals surface area (Å²) in [4.78, 5) is 26.3. The molecule has 0 atom stereocenters. The van der Waals surface area contributed by atoms with Crippen LogP contribution in [0.4, 0.5) is 0 Å². The molecule has 1 aromatic carbocycles. The quantitative estimate of drug-likeness (QED) is 0.771. The van der Waals surface area contributed by atoms with Crippen molar-refractivity contribution < 1.29 is 9.59 Å². The van der Waals surface area contributed by atoms with E-state index in [9.17, 15) is 9.59 Å². The highest BCUT2D eigenvalue weighted by Gasteiger charge is 2.29. The van der Waals surface area contributed by atoms with Crippen molar-refractivity contribution in [2.75, 3.05) is 20.1 Å². The molecule has 17 heavy (non-hydrogen) atoms. The lowest BCUT2D eigenvalue weighted by Gasteiger charge is -2.31. The van der Waals surface area contributed by atoms with Gasteiger partial charge < -0.3 is 9.80 Å². The van der Waals surface area contributed by atoms with Crippen molar-refractivity contribution in [2.24, 2.45) is 0 Å². The van der Waals surface area contributed by atoms with Crippen LogP contribution in [0.1, 0.15) is 5.56 Å². The monoisotopic (exact) mass is 296 g/mol. The van der Waals surface area contributed by atoms with Crippen LogP contribution in [0, 0.1) is 0 Å². The zero-order valence-electron chi connectivity index (χ0n) is 9.52. The van der Waals surface area contributed by atoms with Crippen LogP contribution in [0.5, 0.6) is 0 Å². The number of rotatable bonds is 2. The molecular formula is C12H13BrN2O2. The second-order valence-corrected chi connectivity index (χ2v) is 5.00. The Hall–Kier alpha value is -1.36. The molecule has 0 saturated carbocycles. The molecule has 1 fully saturated rings. The molecule has 0 radical (unpaired) electrons. The highest BCUT2D eigenvalue weighted by molar-refractivity contribution is 9.10. The number of nitrogens with zero attached hydrogens (tertiary/aromatic N) is 2. The largest absolute Gasteiger partial charge is 0.336 e. The molecule has 4 nitrogen and oxygen atoms in total. The minimum atomic E-state index is -0.423.